The van der Waals surface area contributed by atoms with Crippen LogP contribution in [0.2, 0.25) is 0 Å². The van der Waals surface area contributed by atoms with Crippen LogP contribution in [0.4, 0.5) is 0 Å². The number of carbonyl (C=O) groups is 1. The van der Waals surface area contributed by atoms with Crippen molar-refractivity contribution in [3.63, 3.8) is 0 Å². The Bertz CT molecular complexity index is 365. The van der Waals surface area contributed by atoms with E-state index in [0.29, 0.717) is 0 Å². The molecule has 0 spiro atoms. The third-order valence-corrected chi connectivity index (χ3v) is 2.40. The molecule has 1 aromatic rings. The van der Waals surface area contributed by atoms with Crippen LogP contribution in [0, 0.1) is 0 Å². The zero-order valence-electron chi connectivity index (χ0n) is 8.06. The topological polar surface area (TPSA) is 44.1 Å². The molecule has 0 radical (unpaired) electrons. The van der Waals surface area contributed by atoms with E-state index in [9.17, 15) is 4.79 Å². The lowest BCUT2D eigenvalue weighted by molar-refractivity contribution is -0.136. The van der Waals surface area contributed by atoms with Gasteiger partial charge in [0.15, 0.2) is 0 Å². The van der Waals surface area contributed by atoms with Gasteiger partial charge in [-0.2, -0.15) is 5.10 Å². The number of carbonyl (C=O) groups excluding carboxylic acids is 1. The van der Waals surface area contributed by atoms with Crippen LogP contribution >= 0.6 is 0 Å². The summed E-state index contributed by atoms with van der Waals surface area (Å²) in [5, 5.41) is 4.12. The highest BCUT2D eigenvalue weighted by Gasteiger charge is 2.22. The SMILES string of the molecule is COC(=O)C1=C(n2cccn2)CCC1. The van der Waals surface area contributed by atoms with E-state index in [1.165, 1.54) is 7.11 Å². The minimum Gasteiger partial charge on any atom is -0.466 e. The van der Waals surface area contributed by atoms with Gasteiger partial charge in [-0.15, -0.1) is 0 Å². The van der Waals surface area contributed by atoms with Crippen molar-refractivity contribution >= 4 is 11.7 Å². The number of methoxy groups -OCH3 is 1. The molecule has 1 aromatic heterocycles. The summed E-state index contributed by atoms with van der Waals surface area (Å²) in [6.45, 7) is 0. The summed E-state index contributed by atoms with van der Waals surface area (Å²) in [4.78, 5) is 11.4. The Kier molecular flexibility index (Phi) is 2.35. The number of hydrogen-bond acceptors (Lipinski definition) is 3. The van der Waals surface area contributed by atoms with Gasteiger partial charge in [-0.1, -0.05) is 0 Å². The summed E-state index contributed by atoms with van der Waals surface area (Å²) in [5.74, 6) is -0.229. The van der Waals surface area contributed by atoms with Gasteiger partial charge in [0.2, 0.25) is 0 Å². The minimum absolute atomic E-state index is 0.229. The van der Waals surface area contributed by atoms with Crippen LogP contribution in [0.25, 0.3) is 5.70 Å². The van der Waals surface area contributed by atoms with Gasteiger partial charge >= 0.3 is 5.97 Å². The number of nitrogens with zero attached hydrogens (tertiary/aromatic N) is 2. The highest BCUT2D eigenvalue weighted by atomic mass is 16.5. The van der Waals surface area contributed by atoms with Gasteiger partial charge in [0.1, 0.15) is 0 Å². The second kappa shape index (κ2) is 3.65. The van der Waals surface area contributed by atoms with E-state index in [4.69, 9.17) is 4.74 Å². The Balaban J connectivity index is 2.36. The molecule has 74 valence electrons. The third-order valence-electron chi connectivity index (χ3n) is 2.40. The first-order valence-corrected chi connectivity index (χ1v) is 4.63. The highest BCUT2D eigenvalue weighted by Crippen LogP contribution is 2.29. The van der Waals surface area contributed by atoms with Crippen LogP contribution in [0.5, 0.6) is 0 Å². The standard InChI is InChI=1S/C10H12N2O2/c1-14-10(13)8-4-2-5-9(8)12-7-3-6-11-12/h3,6-7H,2,4-5H2,1H3. The van der Waals surface area contributed by atoms with Crippen molar-refractivity contribution in [3.05, 3.63) is 24.0 Å². The smallest absolute Gasteiger partial charge is 0.335 e. The van der Waals surface area contributed by atoms with Crippen LogP contribution in [0.3, 0.4) is 0 Å². The monoisotopic (exact) mass is 192 g/mol. The summed E-state index contributed by atoms with van der Waals surface area (Å²) in [6.07, 6.45) is 6.25. The van der Waals surface area contributed by atoms with E-state index >= 15 is 0 Å². The molecule has 4 nitrogen and oxygen atoms in total. The number of allylic oxidation sites excluding steroid dienone is 1. The van der Waals surface area contributed by atoms with E-state index in [1.54, 1.807) is 10.9 Å². The maximum atomic E-state index is 11.4. The predicted molar refractivity (Wildman–Crippen MR) is 51.3 cm³/mol. The van der Waals surface area contributed by atoms with Crippen LogP contribution in [0.15, 0.2) is 24.0 Å². The molecule has 0 bridgehead atoms. The number of esters is 1. The molecule has 2 rings (SSSR count). The molecule has 1 aliphatic carbocycles. The van der Waals surface area contributed by atoms with Gasteiger partial charge in [-0.3, -0.25) is 0 Å². The quantitative estimate of drug-likeness (QED) is 0.666. The molecule has 0 fully saturated rings. The predicted octanol–water partition coefficient (Wildman–Crippen LogP) is 1.45. The molecule has 0 aromatic carbocycles. The van der Waals surface area contributed by atoms with E-state index in [0.717, 1.165) is 30.5 Å². The molecule has 0 saturated carbocycles. The summed E-state index contributed by atoms with van der Waals surface area (Å²) < 4.78 is 6.47. The van der Waals surface area contributed by atoms with Gasteiger partial charge in [-0.05, 0) is 25.3 Å². The van der Waals surface area contributed by atoms with Gasteiger partial charge in [-0.25, -0.2) is 9.48 Å². The van der Waals surface area contributed by atoms with Crippen molar-refractivity contribution in [2.45, 2.75) is 19.3 Å². The lowest BCUT2D eigenvalue weighted by Crippen LogP contribution is -2.07. The second-order valence-corrected chi connectivity index (χ2v) is 3.22. The molecule has 0 N–H and O–H groups in total. The zero-order chi connectivity index (χ0) is 9.97. The van der Waals surface area contributed by atoms with E-state index in [1.807, 2.05) is 12.3 Å². The minimum atomic E-state index is -0.229. The summed E-state index contributed by atoms with van der Waals surface area (Å²) in [7, 11) is 1.41. The van der Waals surface area contributed by atoms with Gasteiger partial charge < -0.3 is 4.74 Å². The first-order chi connectivity index (χ1) is 6.83. The van der Waals surface area contributed by atoms with Gasteiger partial charge in [0.05, 0.1) is 18.4 Å². The van der Waals surface area contributed by atoms with Gasteiger partial charge in [0.25, 0.3) is 0 Å². The van der Waals surface area contributed by atoms with Crippen molar-refractivity contribution in [3.8, 4) is 0 Å². The molecule has 0 saturated heterocycles. The first-order valence-electron chi connectivity index (χ1n) is 4.63. The van der Waals surface area contributed by atoms with Crippen molar-refractivity contribution < 1.29 is 9.53 Å². The molecule has 14 heavy (non-hydrogen) atoms. The summed E-state index contributed by atoms with van der Waals surface area (Å²) in [5.41, 5.74) is 1.73. The highest BCUT2D eigenvalue weighted by molar-refractivity contribution is 5.95. The van der Waals surface area contributed by atoms with E-state index < -0.39 is 0 Å². The van der Waals surface area contributed by atoms with E-state index in [2.05, 4.69) is 5.10 Å². The summed E-state index contributed by atoms with van der Waals surface area (Å²) in [6, 6.07) is 1.85. The van der Waals surface area contributed by atoms with Gasteiger partial charge in [0, 0.05) is 12.4 Å². The molecular weight excluding hydrogens is 180 g/mol. The third kappa shape index (κ3) is 1.43. The van der Waals surface area contributed by atoms with Crippen molar-refractivity contribution in [1.82, 2.24) is 9.78 Å². The number of ether oxygens (including phenoxy) is 1. The van der Waals surface area contributed by atoms with E-state index in [-0.39, 0.29) is 5.97 Å². The number of rotatable bonds is 2. The first kappa shape index (κ1) is 8.99. The zero-order valence-corrected chi connectivity index (χ0v) is 8.06. The molecule has 0 atom stereocenters. The molecule has 4 heteroatoms. The average molecular weight is 192 g/mol. The Morgan fingerprint density at radius 3 is 3.07 bits per heavy atom. The van der Waals surface area contributed by atoms with Crippen LogP contribution < -0.4 is 0 Å². The average Bonchev–Trinajstić information content (AvgIpc) is 2.85. The molecule has 0 aliphatic heterocycles. The fourth-order valence-electron chi connectivity index (χ4n) is 1.75. The maximum Gasteiger partial charge on any atom is 0.335 e. The van der Waals surface area contributed by atoms with Crippen molar-refractivity contribution in [1.29, 1.82) is 0 Å². The molecule has 0 amide bonds. The lowest BCUT2D eigenvalue weighted by atomic mass is 10.2. The number of aromatic nitrogens is 2. The largest absolute Gasteiger partial charge is 0.466 e. The van der Waals surface area contributed by atoms with Crippen LogP contribution in [0.1, 0.15) is 19.3 Å². The molecular formula is C10H12N2O2. The number of hydrogen-bond donors (Lipinski definition) is 0. The maximum absolute atomic E-state index is 11.4. The Hall–Kier alpha value is -1.58. The van der Waals surface area contributed by atoms with Crippen molar-refractivity contribution in [2.24, 2.45) is 0 Å². The lowest BCUT2D eigenvalue weighted by Gasteiger charge is -2.05. The molecule has 1 heterocycles. The fraction of sp³-hybridized carbons (Fsp3) is 0.400. The molecule has 1 aliphatic rings. The normalized spacial score (nSPS) is 16.1. The Morgan fingerprint density at radius 2 is 2.43 bits per heavy atom. The Labute approximate surface area is 82.2 Å². The summed E-state index contributed by atoms with van der Waals surface area (Å²) >= 11 is 0. The van der Waals surface area contributed by atoms with Crippen molar-refractivity contribution in [2.75, 3.05) is 7.11 Å². The van der Waals surface area contributed by atoms with Crippen LogP contribution in [-0.4, -0.2) is 22.9 Å². The second-order valence-electron chi connectivity index (χ2n) is 3.22. The molecule has 0 unspecified atom stereocenters. The fourth-order valence-corrected chi connectivity index (χ4v) is 1.75. The van der Waals surface area contributed by atoms with Crippen LogP contribution in [-0.2, 0) is 9.53 Å². The Morgan fingerprint density at radius 1 is 1.57 bits per heavy atom.